The second kappa shape index (κ2) is 5.52. The summed E-state index contributed by atoms with van der Waals surface area (Å²) >= 11 is 5.68. The summed E-state index contributed by atoms with van der Waals surface area (Å²) in [6, 6.07) is 6.07. The maximum Gasteiger partial charge on any atom is 0.161 e. The molecule has 0 aliphatic rings. The molecule has 2 aromatic rings. The van der Waals surface area contributed by atoms with E-state index in [1.807, 2.05) is 19.1 Å². The van der Waals surface area contributed by atoms with Crippen molar-refractivity contribution in [3.8, 4) is 11.4 Å². The number of halogens is 2. The highest BCUT2D eigenvalue weighted by molar-refractivity contribution is 14.1. The van der Waals surface area contributed by atoms with Crippen LogP contribution < -0.4 is 5.73 Å². The first-order chi connectivity index (χ1) is 8.52. The van der Waals surface area contributed by atoms with Crippen molar-refractivity contribution in [3.05, 3.63) is 37.5 Å². The number of benzene rings is 1. The van der Waals surface area contributed by atoms with E-state index in [9.17, 15) is 0 Å². The van der Waals surface area contributed by atoms with E-state index in [4.69, 9.17) is 5.73 Å². The van der Waals surface area contributed by atoms with Gasteiger partial charge in [-0.25, -0.2) is 9.97 Å². The standard InChI is InChI=1S/C13H13BrIN3/c1-3-10-11(15)12(16)18-13(17-10)8-4-5-9(14)7(2)6-8/h4-6H,3H2,1-2H3,(H2,16,17,18). The molecule has 2 rings (SSSR count). The first kappa shape index (κ1) is 13.7. The lowest BCUT2D eigenvalue weighted by molar-refractivity contribution is 0.994. The quantitative estimate of drug-likeness (QED) is 0.752. The highest BCUT2D eigenvalue weighted by Gasteiger charge is 2.10. The molecule has 18 heavy (non-hydrogen) atoms. The van der Waals surface area contributed by atoms with E-state index in [1.165, 1.54) is 0 Å². The van der Waals surface area contributed by atoms with Gasteiger partial charge in [0.05, 0.1) is 9.26 Å². The van der Waals surface area contributed by atoms with Crippen LogP contribution in [0, 0.1) is 10.5 Å². The maximum atomic E-state index is 5.93. The van der Waals surface area contributed by atoms with Crippen LogP contribution in [0.15, 0.2) is 22.7 Å². The van der Waals surface area contributed by atoms with E-state index in [1.54, 1.807) is 0 Å². The van der Waals surface area contributed by atoms with Gasteiger partial charge < -0.3 is 5.73 Å². The fourth-order valence-corrected chi connectivity index (χ4v) is 2.53. The highest BCUT2D eigenvalue weighted by atomic mass is 127. The first-order valence-corrected chi connectivity index (χ1v) is 7.48. The largest absolute Gasteiger partial charge is 0.383 e. The summed E-state index contributed by atoms with van der Waals surface area (Å²) in [5, 5.41) is 0. The molecule has 0 amide bonds. The van der Waals surface area contributed by atoms with E-state index in [-0.39, 0.29) is 0 Å². The molecule has 0 unspecified atom stereocenters. The number of nitrogens with two attached hydrogens (primary N) is 1. The topological polar surface area (TPSA) is 51.8 Å². The van der Waals surface area contributed by atoms with E-state index < -0.39 is 0 Å². The number of hydrogen-bond acceptors (Lipinski definition) is 3. The lowest BCUT2D eigenvalue weighted by atomic mass is 10.1. The number of hydrogen-bond donors (Lipinski definition) is 1. The molecule has 0 saturated heterocycles. The van der Waals surface area contributed by atoms with Crippen LogP contribution in [0.4, 0.5) is 5.82 Å². The number of nitrogen functional groups attached to an aromatic ring is 1. The Labute approximate surface area is 128 Å². The van der Waals surface area contributed by atoms with Crippen molar-refractivity contribution >= 4 is 44.3 Å². The van der Waals surface area contributed by atoms with Gasteiger partial charge in [-0.1, -0.05) is 28.9 Å². The third-order valence-electron chi connectivity index (χ3n) is 2.70. The van der Waals surface area contributed by atoms with Crippen molar-refractivity contribution in [1.82, 2.24) is 9.97 Å². The molecular formula is C13H13BrIN3. The molecule has 1 aromatic carbocycles. The second-order valence-electron chi connectivity index (χ2n) is 4.01. The zero-order valence-electron chi connectivity index (χ0n) is 10.2. The van der Waals surface area contributed by atoms with Crippen LogP contribution in [0.1, 0.15) is 18.2 Å². The number of aromatic nitrogens is 2. The van der Waals surface area contributed by atoms with Gasteiger partial charge in [0.25, 0.3) is 0 Å². The van der Waals surface area contributed by atoms with Crippen LogP contribution in [-0.4, -0.2) is 9.97 Å². The van der Waals surface area contributed by atoms with Crippen molar-refractivity contribution in [2.75, 3.05) is 5.73 Å². The molecule has 94 valence electrons. The second-order valence-corrected chi connectivity index (χ2v) is 5.94. The summed E-state index contributed by atoms with van der Waals surface area (Å²) in [6.45, 7) is 4.12. The smallest absolute Gasteiger partial charge is 0.161 e. The van der Waals surface area contributed by atoms with Crippen LogP contribution in [0.5, 0.6) is 0 Å². The predicted octanol–water partition coefficient (Wildman–Crippen LogP) is 3.96. The van der Waals surface area contributed by atoms with E-state index in [2.05, 4.69) is 61.5 Å². The minimum atomic E-state index is 0.554. The lowest BCUT2D eigenvalue weighted by Gasteiger charge is -2.08. The Hall–Kier alpha value is -0.690. The molecule has 1 aromatic heterocycles. The van der Waals surface area contributed by atoms with Crippen molar-refractivity contribution in [1.29, 1.82) is 0 Å². The predicted molar refractivity (Wildman–Crippen MR) is 86.4 cm³/mol. The van der Waals surface area contributed by atoms with Gasteiger partial charge in [0.1, 0.15) is 5.82 Å². The summed E-state index contributed by atoms with van der Waals surface area (Å²) in [5.41, 5.74) is 9.09. The highest BCUT2D eigenvalue weighted by Crippen LogP contribution is 2.25. The van der Waals surface area contributed by atoms with Crippen molar-refractivity contribution < 1.29 is 0 Å². The summed E-state index contributed by atoms with van der Waals surface area (Å²) in [6.07, 6.45) is 0.855. The summed E-state index contributed by atoms with van der Waals surface area (Å²) in [4.78, 5) is 8.94. The molecule has 1 heterocycles. The zero-order chi connectivity index (χ0) is 13.3. The van der Waals surface area contributed by atoms with Crippen molar-refractivity contribution in [2.45, 2.75) is 20.3 Å². The van der Waals surface area contributed by atoms with Crippen molar-refractivity contribution in [2.24, 2.45) is 0 Å². The molecule has 2 N–H and O–H groups in total. The molecule has 0 aliphatic heterocycles. The van der Waals surface area contributed by atoms with Gasteiger partial charge in [0.2, 0.25) is 0 Å². The summed E-state index contributed by atoms with van der Waals surface area (Å²) in [5.74, 6) is 1.25. The Morgan fingerprint density at radius 1 is 1.33 bits per heavy atom. The Morgan fingerprint density at radius 2 is 2.06 bits per heavy atom. The minimum absolute atomic E-state index is 0.554. The lowest BCUT2D eigenvalue weighted by Crippen LogP contribution is -2.04. The Balaban J connectivity index is 2.57. The Kier molecular flexibility index (Phi) is 4.21. The average Bonchev–Trinajstić information content (AvgIpc) is 2.36. The molecular weight excluding hydrogens is 405 g/mol. The maximum absolute atomic E-state index is 5.93. The van der Waals surface area contributed by atoms with Crippen LogP contribution in [-0.2, 0) is 6.42 Å². The van der Waals surface area contributed by atoms with Gasteiger partial charge in [0.15, 0.2) is 5.82 Å². The third kappa shape index (κ3) is 2.66. The number of aryl methyl sites for hydroxylation is 2. The van der Waals surface area contributed by atoms with Crippen molar-refractivity contribution in [3.63, 3.8) is 0 Å². The molecule has 0 radical (unpaired) electrons. The number of rotatable bonds is 2. The van der Waals surface area contributed by atoms with Crippen LogP contribution >= 0.6 is 38.5 Å². The summed E-state index contributed by atoms with van der Waals surface area (Å²) < 4.78 is 2.04. The van der Waals surface area contributed by atoms with E-state index in [0.717, 1.165) is 31.3 Å². The van der Waals surface area contributed by atoms with Crippen LogP contribution in [0.3, 0.4) is 0 Å². The van der Waals surface area contributed by atoms with E-state index >= 15 is 0 Å². The molecule has 0 aliphatic carbocycles. The van der Waals surface area contributed by atoms with Gasteiger partial charge in [-0.2, -0.15) is 0 Å². The molecule has 0 bridgehead atoms. The SMILES string of the molecule is CCc1nc(-c2ccc(Br)c(C)c2)nc(N)c1I. The molecule has 3 nitrogen and oxygen atoms in total. The van der Waals surface area contributed by atoms with Gasteiger partial charge in [-0.3, -0.25) is 0 Å². The molecule has 0 spiro atoms. The Morgan fingerprint density at radius 3 is 2.67 bits per heavy atom. The normalized spacial score (nSPS) is 10.7. The fourth-order valence-electron chi connectivity index (χ4n) is 1.66. The van der Waals surface area contributed by atoms with E-state index in [0.29, 0.717) is 11.6 Å². The van der Waals surface area contributed by atoms with Crippen LogP contribution in [0.25, 0.3) is 11.4 Å². The average molecular weight is 418 g/mol. The molecule has 0 atom stereocenters. The first-order valence-electron chi connectivity index (χ1n) is 5.61. The fraction of sp³-hybridized carbons (Fsp3) is 0.231. The van der Waals surface area contributed by atoms with Crippen LogP contribution in [0.2, 0.25) is 0 Å². The number of anilines is 1. The van der Waals surface area contributed by atoms with Gasteiger partial charge in [-0.15, -0.1) is 0 Å². The molecule has 0 saturated carbocycles. The Bertz CT molecular complexity index is 599. The third-order valence-corrected chi connectivity index (χ3v) is 4.76. The van der Waals surface area contributed by atoms with Gasteiger partial charge >= 0.3 is 0 Å². The monoisotopic (exact) mass is 417 g/mol. The summed E-state index contributed by atoms with van der Waals surface area (Å²) in [7, 11) is 0. The molecule has 5 heteroatoms. The zero-order valence-corrected chi connectivity index (χ0v) is 13.9. The van der Waals surface area contributed by atoms with Gasteiger partial charge in [0, 0.05) is 10.0 Å². The molecule has 0 fully saturated rings. The van der Waals surface area contributed by atoms with Gasteiger partial charge in [-0.05, 0) is 53.6 Å². The minimum Gasteiger partial charge on any atom is -0.383 e. The number of nitrogens with zero attached hydrogens (tertiary/aromatic N) is 2.